The third-order valence-electron chi connectivity index (χ3n) is 4.33. The lowest BCUT2D eigenvalue weighted by Gasteiger charge is -2.31. The van der Waals surface area contributed by atoms with Gasteiger partial charge in [-0.05, 0) is 43.4 Å². The van der Waals surface area contributed by atoms with E-state index in [2.05, 4.69) is 15.8 Å². The highest BCUT2D eigenvalue weighted by Crippen LogP contribution is 2.42. The van der Waals surface area contributed by atoms with Gasteiger partial charge in [0.05, 0.1) is 12.6 Å². The maximum atomic E-state index is 14.1. The molecule has 4 heteroatoms. The van der Waals surface area contributed by atoms with E-state index in [-0.39, 0.29) is 11.9 Å². The number of terminal acetylenes is 1. The van der Waals surface area contributed by atoms with Gasteiger partial charge in [0, 0.05) is 11.1 Å². The summed E-state index contributed by atoms with van der Waals surface area (Å²) >= 11 is 1.64. The Balaban J connectivity index is 1.97. The summed E-state index contributed by atoms with van der Waals surface area (Å²) < 4.78 is 14.1. The molecule has 0 amide bonds. The van der Waals surface area contributed by atoms with Crippen LogP contribution >= 0.6 is 11.3 Å². The molecule has 0 radical (unpaired) electrons. The molecular formula is C19H21FN2S. The first-order valence-corrected chi connectivity index (χ1v) is 8.78. The molecule has 1 heterocycles. The van der Waals surface area contributed by atoms with Crippen LogP contribution in [0.15, 0.2) is 24.4 Å². The number of hydrogen-bond acceptors (Lipinski definition) is 3. The molecule has 0 saturated heterocycles. The van der Waals surface area contributed by atoms with Crippen molar-refractivity contribution in [1.29, 1.82) is 0 Å². The number of aryl methyl sites for hydroxylation is 2. The molecule has 2 nitrogen and oxygen atoms in total. The van der Waals surface area contributed by atoms with E-state index in [4.69, 9.17) is 6.42 Å². The molecule has 0 aliphatic heterocycles. The van der Waals surface area contributed by atoms with Gasteiger partial charge < -0.3 is 4.90 Å². The average Bonchev–Trinajstić information content (AvgIpc) is 3.25. The fourth-order valence-electron chi connectivity index (χ4n) is 2.81. The van der Waals surface area contributed by atoms with Crippen molar-refractivity contribution in [1.82, 2.24) is 4.98 Å². The molecule has 1 aromatic heterocycles. The third-order valence-corrected chi connectivity index (χ3v) is 5.28. The van der Waals surface area contributed by atoms with Crippen LogP contribution in [0, 0.1) is 37.9 Å². The van der Waals surface area contributed by atoms with Crippen LogP contribution in [0.4, 0.5) is 9.52 Å². The van der Waals surface area contributed by atoms with Crippen LogP contribution in [0.3, 0.4) is 0 Å². The van der Waals surface area contributed by atoms with E-state index in [9.17, 15) is 4.39 Å². The first-order valence-electron chi connectivity index (χ1n) is 7.97. The Morgan fingerprint density at radius 1 is 1.43 bits per heavy atom. The van der Waals surface area contributed by atoms with Crippen molar-refractivity contribution >= 4 is 16.5 Å². The molecule has 0 N–H and O–H groups in total. The molecule has 1 unspecified atom stereocenters. The van der Waals surface area contributed by atoms with Crippen molar-refractivity contribution in [3.8, 4) is 12.3 Å². The number of hydrogen-bond donors (Lipinski definition) is 0. The van der Waals surface area contributed by atoms with Gasteiger partial charge in [-0.25, -0.2) is 9.37 Å². The Hall–Kier alpha value is -1.86. The topological polar surface area (TPSA) is 16.1 Å². The van der Waals surface area contributed by atoms with E-state index in [0.717, 1.165) is 22.0 Å². The second kappa shape index (κ2) is 6.72. The Bertz CT molecular complexity index is 727. The van der Waals surface area contributed by atoms with Crippen molar-refractivity contribution in [2.45, 2.75) is 39.2 Å². The predicted molar refractivity (Wildman–Crippen MR) is 94.2 cm³/mol. The van der Waals surface area contributed by atoms with Gasteiger partial charge in [-0.15, -0.1) is 17.8 Å². The van der Waals surface area contributed by atoms with E-state index in [1.807, 2.05) is 25.3 Å². The van der Waals surface area contributed by atoms with Crippen molar-refractivity contribution < 1.29 is 4.39 Å². The zero-order chi connectivity index (χ0) is 16.4. The van der Waals surface area contributed by atoms with Crippen LogP contribution in [-0.2, 0) is 0 Å². The third kappa shape index (κ3) is 3.73. The Kier molecular flexibility index (Phi) is 4.68. The largest absolute Gasteiger partial charge is 0.330 e. The minimum absolute atomic E-state index is 0.0826. The minimum Gasteiger partial charge on any atom is -0.330 e. The van der Waals surface area contributed by atoms with E-state index < -0.39 is 0 Å². The van der Waals surface area contributed by atoms with Gasteiger partial charge in [-0.1, -0.05) is 30.9 Å². The highest BCUT2D eigenvalue weighted by molar-refractivity contribution is 7.15. The van der Waals surface area contributed by atoms with Gasteiger partial charge in [0.1, 0.15) is 5.82 Å². The van der Waals surface area contributed by atoms with Crippen molar-refractivity contribution in [2.24, 2.45) is 5.92 Å². The summed E-state index contributed by atoms with van der Waals surface area (Å²) in [5, 5.41) is 0.923. The predicted octanol–water partition coefficient (Wildman–Crippen LogP) is 4.88. The second-order valence-corrected chi connectivity index (χ2v) is 7.50. The van der Waals surface area contributed by atoms with Gasteiger partial charge in [0.15, 0.2) is 5.13 Å². The number of rotatable bonds is 6. The standard InChI is InChI=1S/C19H21FN2S/c1-4-9-22(19-21-12-14(3)23-19)18(10-15-6-7-15)16-8-5-13(2)17(20)11-16/h1,5,8,11-12,15,18H,6-7,9-10H2,2-3H3. The molecule has 3 rings (SSSR count). The molecular weight excluding hydrogens is 307 g/mol. The summed E-state index contributed by atoms with van der Waals surface area (Å²) in [6.45, 7) is 4.31. The van der Waals surface area contributed by atoms with Gasteiger partial charge in [0.25, 0.3) is 0 Å². The van der Waals surface area contributed by atoms with Crippen LogP contribution in [0.2, 0.25) is 0 Å². The number of aromatic nitrogens is 1. The molecule has 1 atom stereocenters. The van der Waals surface area contributed by atoms with Crippen molar-refractivity contribution in [2.75, 3.05) is 11.4 Å². The van der Waals surface area contributed by atoms with Crippen LogP contribution in [-0.4, -0.2) is 11.5 Å². The number of anilines is 1. The van der Waals surface area contributed by atoms with Crippen LogP contribution in [0.25, 0.3) is 0 Å². The number of halogens is 1. The Morgan fingerprint density at radius 3 is 2.78 bits per heavy atom. The molecule has 1 aromatic carbocycles. The summed E-state index contributed by atoms with van der Waals surface area (Å²) in [4.78, 5) is 7.81. The zero-order valence-corrected chi connectivity index (χ0v) is 14.4. The lowest BCUT2D eigenvalue weighted by molar-refractivity contribution is 0.548. The average molecular weight is 328 g/mol. The van der Waals surface area contributed by atoms with Crippen LogP contribution in [0.1, 0.15) is 41.3 Å². The van der Waals surface area contributed by atoms with Crippen molar-refractivity contribution in [3.63, 3.8) is 0 Å². The van der Waals surface area contributed by atoms with E-state index >= 15 is 0 Å². The minimum atomic E-state index is -0.153. The first-order chi connectivity index (χ1) is 11.1. The lowest BCUT2D eigenvalue weighted by Crippen LogP contribution is -2.29. The lowest BCUT2D eigenvalue weighted by atomic mass is 9.98. The van der Waals surface area contributed by atoms with Gasteiger partial charge in [-0.3, -0.25) is 0 Å². The Labute approximate surface area is 141 Å². The summed E-state index contributed by atoms with van der Waals surface area (Å²) in [5.74, 6) is 3.30. The number of thiazole rings is 1. The fourth-order valence-corrected chi connectivity index (χ4v) is 3.62. The number of nitrogens with zero attached hydrogens (tertiary/aromatic N) is 2. The van der Waals surface area contributed by atoms with Gasteiger partial charge >= 0.3 is 0 Å². The molecule has 1 saturated carbocycles. The molecule has 2 aromatic rings. The first kappa shape index (κ1) is 16.0. The molecule has 0 spiro atoms. The summed E-state index contributed by atoms with van der Waals surface area (Å²) in [7, 11) is 0. The molecule has 23 heavy (non-hydrogen) atoms. The van der Waals surface area contributed by atoms with Gasteiger partial charge in [-0.2, -0.15) is 0 Å². The van der Waals surface area contributed by atoms with E-state index in [0.29, 0.717) is 18.0 Å². The molecule has 0 bridgehead atoms. The highest BCUT2D eigenvalue weighted by atomic mass is 32.1. The summed E-state index contributed by atoms with van der Waals surface area (Å²) in [6.07, 6.45) is 11.0. The quantitative estimate of drug-likeness (QED) is 0.703. The van der Waals surface area contributed by atoms with E-state index in [1.165, 1.54) is 12.8 Å². The highest BCUT2D eigenvalue weighted by Gasteiger charge is 2.31. The zero-order valence-electron chi connectivity index (χ0n) is 13.6. The molecule has 1 aliphatic rings. The van der Waals surface area contributed by atoms with E-state index in [1.54, 1.807) is 24.3 Å². The fraction of sp³-hybridized carbons (Fsp3) is 0.421. The smallest absolute Gasteiger partial charge is 0.186 e. The van der Waals surface area contributed by atoms with Crippen LogP contribution < -0.4 is 4.90 Å². The monoisotopic (exact) mass is 328 g/mol. The molecule has 120 valence electrons. The molecule has 1 aliphatic carbocycles. The maximum absolute atomic E-state index is 14.1. The Morgan fingerprint density at radius 2 is 2.22 bits per heavy atom. The van der Waals surface area contributed by atoms with Gasteiger partial charge in [0.2, 0.25) is 0 Å². The summed E-state index contributed by atoms with van der Waals surface area (Å²) in [6, 6.07) is 5.62. The SMILES string of the molecule is C#CCN(c1ncc(C)s1)C(CC1CC1)c1ccc(C)c(F)c1. The number of benzene rings is 1. The normalized spacial score (nSPS) is 15.2. The molecule has 1 fully saturated rings. The van der Waals surface area contributed by atoms with Crippen molar-refractivity contribution in [3.05, 3.63) is 46.2 Å². The maximum Gasteiger partial charge on any atom is 0.186 e. The summed E-state index contributed by atoms with van der Waals surface area (Å²) in [5.41, 5.74) is 1.66. The van der Waals surface area contributed by atoms with Crippen LogP contribution in [0.5, 0.6) is 0 Å². The second-order valence-electron chi connectivity index (χ2n) is 6.29.